The van der Waals surface area contributed by atoms with Crippen molar-refractivity contribution in [3.8, 4) is 11.5 Å². The molecule has 2 atom stereocenters. The zero-order chi connectivity index (χ0) is 21.8. The molecular weight excluding hydrogens is 527 g/mol. The van der Waals surface area contributed by atoms with E-state index in [1.807, 2.05) is 0 Å². The molecule has 2 N–H and O–H groups in total. The van der Waals surface area contributed by atoms with Crippen LogP contribution in [0.15, 0.2) is 41.3 Å². The van der Waals surface area contributed by atoms with Crippen molar-refractivity contribution in [1.29, 1.82) is 0 Å². The highest BCUT2D eigenvalue weighted by Gasteiger charge is 2.32. The number of rotatable bonds is 3. The SMILES string of the molecule is COc1cc2c3c(ccc2cc1S(C)(=O)=O)O[C@H](c1cc(I)c(F)cc1F)[C@@H](N)C3. The third-order valence-corrected chi connectivity index (χ3v) is 7.15. The number of hydrogen-bond donors (Lipinski definition) is 1. The molecule has 1 aliphatic rings. The Kier molecular flexibility index (Phi) is 5.39. The second-order valence-corrected chi connectivity index (χ2v) is 10.4. The number of sulfone groups is 1. The first kappa shape index (κ1) is 21.3. The van der Waals surface area contributed by atoms with E-state index < -0.39 is 33.6 Å². The van der Waals surface area contributed by atoms with Crippen LogP contribution in [0.1, 0.15) is 17.2 Å². The molecule has 0 aromatic heterocycles. The fourth-order valence-electron chi connectivity index (χ4n) is 3.76. The van der Waals surface area contributed by atoms with Crippen LogP contribution >= 0.6 is 22.6 Å². The summed E-state index contributed by atoms with van der Waals surface area (Å²) in [5.41, 5.74) is 7.31. The Balaban J connectivity index is 1.84. The Labute approximate surface area is 186 Å². The molecule has 0 saturated heterocycles. The number of nitrogens with two attached hydrogens (primary N) is 1. The number of hydrogen-bond acceptors (Lipinski definition) is 5. The van der Waals surface area contributed by atoms with Gasteiger partial charge in [0.1, 0.15) is 34.1 Å². The van der Waals surface area contributed by atoms with Gasteiger partial charge in [-0.05, 0) is 64.0 Å². The molecule has 3 aromatic carbocycles. The molecule has 0 radical (unpaired) electrons. The standard InChI is InChI=1S/C21H18F2INO4S/c1-28-19-8-11-10(5-20(19)30(2,26)27)3-4-18-12(11)7-17(25)21(29-18)13-6-16(24)15(23)9-14(13)22/h3-6,8-9,17,21H,7,25H2,1-2H3/t17-,21+/m0/s1. The normalized spacial score (nSPS) is 18.7. The number of benzene rings is 3. The van der Waals surface area contributed by atoms with Crippen LogP contribution in [0.3, 0.4) is 0 Å². The van der Waals surface area contributed by atoms with Crippen LogP contribution < -0.4 is 15.2 Å². The summed E-state index contributed by atoms with van der Waals surface area (Å²) in [6, 6.07) is 8.32. The van der Waals surface area contributed by atoms with Gasteiger partial charge in [0, 0.05) is 27.0 Å². The molecule has 0 bridgehead atoms. The smallest absolute Gasteiger partial charge is 0.179 e. The van der Waals surface area contributed by atoms with Crippen LogP contribution in [0.25, 0.3) is 10.8 Å². The van der Waals surface area contributed by atoms with E-state index in [1.54, 1.807) is 46.9 Å². The van der Waals surface area contributed by atoms with Crippen LogP contribution in [0.2, 0.25) is 0 Å². The van der Waals surface area contributed by atoms with Gasteiger partial charge in [0.05, 0.1) is 13.2 Å². The Morgan fingerprint density at radius 1 is 1.17 bits per heavy atom. The van der Waals surface area contributed by atoms with E-state index >= 15 is 0 Å². The summed E-state index contributed by atoms with van der Waals surface area (Å²) in [5.74, 6) is -0.603. The van der Waals surface area contributed by atoms with Crippen molar-refractivity contribution < 1.29 is 26.7 Å². The van der Waals surface area contributed by atoms with Crippen molar-refractivity contribution in [2.75, 3.05) is 13.4 Å². The van der Waals surface area contributed by atoms with Gasteiger partial charge in [-0.15, -0.1) is 0 Å². The minimum absolute atomic E-state index is 0.0966. The molecule has 4 rings (SSSR count). The predicted octanol–water partition coefficient (Wildman–Crippen LogP) is 4.14. The van der Waals surface area contributed by atoms with Gasteiger partial charge < -0.3 is 15.2 Å². The molecule has 158 valence electrons. The van der Waals surface area contributed by atoms with Crippen LogP contribution in [0, 0.1) is 15.2 Å². The summed E-state index contributed by atoms with van der Waals surface area (Å²) in [7, 11) is -2.08. The second-order valence-electron chi connectivity index (χ2n) is 7.23. The van der Waals surface area contributed by atoms with E-state index in [2.05, 4.69) is 0 Å². The first-order valence-corrected chi connectivity index (χ1v) is 12.0. The molecule has 1 heterocycles. The first-order valence-electron chi connectivity index (χ1n) is 9.00. The molecule has 3 aromatic rings. The minimum atomic E-state index is -3.48. The van der Waals surface area contributed by atoms with Crippen LogP contribution in [0.5, 0.6) is 11.5 Å². The molecule has 0 spiro atoms. The highest BCUT2D eigenvalue weighted by atomic mass is 127. The maximum absolute atomic E-state index is 14.4. The van der Waals surface area contributed by atoms with Gasteiger partial charge in [0.15, 0.2) is 9.84 Å². The van der Waals surface area contributed by atoms with Crippen molar-refractivity contribution >= 4 is 43.2 Å². The Bertz CT molecular complexity index is 1280. The van der Waals surface area contributed by atoms with Crippen molar-refractivity contribution in [3.05, 3.63) is 62.7 Å². The Morgan fingerprint density at radius 3 is 2.57 bits per heavy atom. The number of ether oxygens (including phenoxy) is 2. The fraction of sp³-hybridized carbons (Fsp3) is 0.238. The molecule has 1 aliphatic heterocycles. The van der Waals surface area contributed by atoms with E-state index in [0.29, 0.717) is 17.6 Å². The van der Waals surface area contributed by atoms with Gasteiger partial charge >= 0.3 is 0 Å². The molecule has 0 aliphatic carbocycles. The fourth-order valence-corrected chi connectivity index (χ4v) is 5.10. The predicted molar refractivity (Wildman–Crippen MR) is 118 cm³/mol. The van der Waals surface area contributed by atoms with Crippen molar-refractivity contribution in [2.45, 2.75) is 23.5 Å². The largest absolute Gasteiger partial charge is 0.495 e. The average Bonchev–Trinajstić information content (AvgIpc) is 2.68. The van der Waals surface area contributed by atoms with Crippen LogP contribution in [0.4, 0.5) is 8.78 Å². The number of halogens is 3. The van der Waals surface area contributed by atoms with E-state index in [0.717, 1.165) is 23.3 Å². The summed E-state index contributed by atoms with van der Waals surface area (Å²) in [5, 5.41) is 1.45. The maximum atomic E-state index is 14.4. The van der Waals surface area contributed by atoms with Gasteiger partial charge in [0.25, 0.3) is 0 Å². The minimum Gasteiger partial charge on any atom is -0.495 e. The zero-order valence-corrected chi connectivity index (χ0v) is 19.1. The highest BCUT2D eigenvalue weighted by Crippen LogP contribution is 2.41. The zero-order valence-electron chi connectivity index (χ0n) is 16.1. The van der Waals surface area contributed by atoms with Crippen molar-refractivity contribution in [3.63, 3.8) is 0 Å². The molecule has 0 fully saturated rings. The summed E-state index contributed by atoms with van der Waals surface area (Å²) in [6.45, 7) is 0. The van der Waals surface area contributed by atoms with E-state index in [4.69, 9.17) is 15.2 Å². The van der Waals surface area contributed by atoms with Gasteiger partial charge in [-0.3, -0.25) is 0 Å². The average molecular weight is 545 g/mol. The molecule has 30 heavy (non-hydrogen) atoms. The Hall–Kier alpha value is -1.98. The van der Waals surface area contributed by atoms with Crippen molar-refractivity contribution in [1.82, 2.24) is 0 Å². The van der Waals surface area contributed by atoms with Crippen LogP contribution in [-0.2, 0) is 16.3 Å². The molecule has 0 amide bonds. The van der Waals surface area contributed by atoms with E-state index in [9.17, 15) is 17.2 Å². The first-order chi connectivity index (χ1) is 14.1. The molecule has 9 heteroatoms. The summed E-state index contributed by atoms with van der Waals surface area (Å²) < 4.78 is 63.9. The lowest BCUT2D eigenvalue weighted by Crippen LogP contribution is -2.38. The highest BCUT2D eigenvalue weighted by molar-refractivity contribution is 14.1. The monoisotopic (exact) mass is 545 g/mol. The summed E-state index contributed by atoms with van der Waals surface area (Å²) in [4.78, 5) is 0.0966. The second kappa shape index (κ2) is 7.61. The number of fused-ring (bicyclic) bond motifs is 3. The summed E-state index contributed by atoms with van der Waals surface area (Å²) >= 11 is 1.80. The van der Waals surface area contributed by atoms with Gasteiger partial charge in [-0.1, -0.05) is 6.07 Å². The molecule has 5 nitrogen and oxygen atoms in total. The quantitative estimate of drug-likeness (QED) is 0.396. The van der Waals surface area contributed by atoms with Crippen LogP contribution in [-0.4, -0.2) is 27.8 Å². The third-order valence-electron chi connectivity index (χ3n) is 5.20. The van der Waals surface area contributed by atoms with E-state index in [-0.39, 0.29) is 19.8 Å². The lowest BCUT2D eigenvalue weighted by molar-refractivity contribution is 0.150. The lowest BCUT2D eigenvalue weighted by atomic mass is 9.90. The summed E-state index contributed by atoms with van der Waals surface area (Å²) in [6.07, 6.45) is 0.713. The van der Waals surface area contributed by atoms with Crippen molar-refractivity contribution in [2.24, 2.45) is 5.73 Å². The number of methoxy groups -OCH3 is 1. The molecule has 0 saturated carbocycles. The Morgan fingerprint density at radius 2 is 1.90 bits per heavy atom. The van der Waals surface area contributed by atoms with Gasteiger partial charge in [0.2, 0.25) is 0 Å². The molecular formula is C21H18F2INO4S. The third kappa shape index (κ3) is 3.63. The van der Waals surface area contributed by atoms with Gasteiger partial charge in [-0.25, -0.2) is 17.2 Å². The van der Waals surface area contributed by atoms with Gasteiger partial charge in [-0.2, -0.15) is 0 Å². The molecule has 0 unspecified atom stereocenters. The lowest BCUT2D eigenvalue weighted by Gasteiger charge is -2.33. The topological polar surface area (TPSA) is 78.6 Å². The maximum Gasteiger partial charge on any atom is 0.179 e. The van der Waals surface area contributed by atoms with E-state index in [1.165, 1.54) is 13.2 Å².